The number of aryl methyl sites for hydroxylation is 1. The highest BCUT2D eigenvalue weighted by Crippen LogP contribution is 2.21. The van der Waals surface area contributed by atoms with Crippen molar-refractivity contribution in [2.24, 2.45) is 5.92 Å². The maximum absolute atomic E-state index is 11.9. The van der Waals surface area contributed by atoms with Gasteiger partial charge in [0.2, 0.25) is 5.91 Å². The molecule has 0 fully saturated rings. The molecule has 28 heavy (non-hydrogen) atoms. The van der Waals surface area contributed by atoms with E-state index in [0.29, 0.717) is 24.5 Å². The minimum atomic E-state index is -0.347. The van der Waals surface area contributed by atoms with Crippen molar-refractivity contribution < 1.29 is 9.21 Å². The number of benzene rings is 2. The summed E-state index contributed by atoms with van der Waals surface area (Å²) in [6.07, 6.45) is 1.39. The molecule has 146 valence electrons. The molecule has 5 heteroatoms. The molecule has 3 rings (SSSR count). The lowest BCUT2D eigenvalue weighted by Gasteiger charge is -2.11. The highest BCUT2D eigenvalue weighted by atomic mass is 16.4. The molecule has 0 aliphatic rings. The third-order valence-corrected chi connectivity index (χ3v) is 4.55. The average Bonchev–Trinajstić information content (AvgIpc) is 2.65. The minimum Gasteiger partial charge on any atom is -0.423 e. The number of carbonyl (C=O) groups is 1. The van der Waals surface area contributed by atoms with Crippen LogP contribution in [-0.4, -0.2) is 5.91 Å². The monoisotopic (exact) mass is 378 g/mol. The molecule has 0 spiro atoms. The lowest BCUT2D eigenvalue weighted by molar-refractivity contribution is -0.116. The summed E-state index contributed by atoms with van der Waals surface area (Å²) in [5, 5.41) is 7.16. The largest absolute Gasteiger partial charge is 0.423 e. The van der Waals surface area contributed by atoms with Crippen molar-refractivity contribution in [3.8, 4) is 0 Å². The molecule has 0 unspecified atom stereocenters. The fourth-order valence-electron chi connectivity index (χ4n) is 3.09. The van der Waals surface area contributed by atoms with E-state index in [1.165, 1.54) is 6.07 Å². The Morgan fingerprint density at radius 3 is 2.43 bits per heavy atom. The van der Waals surface area contributed by atoms with Gasteiger partial charge in [0, 0.05) is 35.8 Å². The predicted molar refractivity (Wildman–Crippen MR) is 114 cm³/mol. The van der Waals surface area contributed by atoms with Crippen LogP contribution in [0.1, 0.15) is 38.3 Å². The molecule has 0 saturated heterocycles. The van der Waals surface area contributed by atoms with Crippen LogP contribution >= 0.6 is 0 Å². The number of amides is 1. The van der Waals surface area contributed by atoms with E-state index in [4.69, 9.17) is 4.42 Å². The van der Waals surface area contributed by atoms with Crippen molar-refractivity contribution in [3.63, 3.8) is 0 Å². The lowest BCUT2D eigenvalue weighted by atomic mass is 10.1. The van der Waals surface area contributed by atoms with Crippen LogP contribution in [0.15, 0.2) is 57.7 Å². The van der Waals surface area contributed by atoms with Crippen LogP contribution in [0.2, 0.25) is 0 Å². The van der Waals surface area contributed by atoms with Crippen molar-refractivity contribution >= 4 is 28.3 Å². The van der Waals surface area contributed by atoms with Gasteiger partial charge in [-0.1, -0.05) is 32.9 Å². The topological polar surface area (TPSA) is 71.3 Å². The zero-order valence-electron chi connectivity index (χ0n) is 16.5. The van der Waals surface area contributed by atoms with Gasteiger partial charge in [-0.05, 0) is 53.8 Å². The van der Waals surface area contributed by atoms with Gasteiger partial charge >= 0.3 is 5.63 Å². The van der Waals surface area contributed by atoms with E-state index < -0.39 is 0 Å². The van der Waals surface area contributed by atoms with Gasteiger partial charge in [-0.25, -0.2) is 4.79 Å². The van der Waals surface area contributed by atoms with Crippen molar-refractivity contribution in [2.75, 3.05) is 10.6 Å². The van der Waals surface area contributed by atoms with Gasteiger partial charge in [-0.15, -0.1) is 0 Å². The van der Waals surface area contributed by atoms with E-state index in [1.54, 1.807) is 0 Å². The SMILES string of the molecule is CCc1ccc2c(CNc3ccc(NC(=O)CC(C)C)cc3)cc(=O)oc2c1. The Morgan fingerprint density at radius 1 is 1.04 bits per heavy atom. The number of rotatable bonds is 7. The molecule has 0 atom stereocenters. The first-order valence-corrected chi connectivity index (χ1v) is 9.64. The van der Waals surface area contributed by atoms with Gasteiger partial charge in [0.25, 0.3) is 0 Å². The van der Waals surface area contributed by atoms with E-state index in [-0.39, 0.29) is 11.5 Å². The zero-order chi connectivity index (χ0) is 20.1. The van der Waals surface area contributed by atoms with Crippen LogP contribution in [0.3, 0.4) is 0 Å². The van der Waals surface area contributed by atoms with Crippen molar-refractivity contribution in [1.82, 2.24) is 0 Å². The van der Waals surface area contributed by atoms with Gasteiger partial charge < -0.3 is 15.1 Å². The summed E-state index contributed by atoms with van der Waals surface area (Å²) in [5.74, 6) is 0.345. The first-order chi connectivity index (χ1) is 13.4. The third-order valence-electron chi connectivity index (χ3n) is 4.55. The standard InChI is InChI=1S/C23H26N2O3/c1-4-16-5-10-20-17(13-23(27)28-21(20)12-16)14-24-18-6-8-19(9-7-18)25-22(26)11-15(2)3/h5-10,12-13,15,24H,4,11,14H2,1-3H3,(H,25,26). The normalized spacial score (nSPS) is 11.0. The number of hydrogen-bond donors (Lipinski definition) is 2. The first-order valence-electron chi connectivity index (χ1n) is 9.64. The molecular formula is C23H26N2O3. The molecule has 3 aromatic rings. The van der Waals surface area contributed by atoms with Gasteiger partial charge in [0.05, 0.1) is 0 Å². The Labute approximate surface area is 164 Å². The van der Waals surface area contributed by atoms with Crippen LogP contribution in [0.5, 0.6) is 0 Å². The lowest BCUT2D eigenvalue weighted by Crippen LogP contribution is -2.13. The number of nitrogens with one attached hydrogen (secondary N) is 2. The summed E-state index contributed by atoms with van der Waals surface area (Å²) in [4.78, 5) is 23.8. The molecular weight excluding hydrogens is 352 g/mol. The van der Waals surface area contributed by atoms with Gasteiger partial charge in [0.1, 0.15) is 5.58 Å². The van der Waals surface area contributed by atoms with E-state index >= 15 is 0 Å². The van der Waals surface area contributed by atoms with Gasteiger partial charge in [-0.2, -0.15) is 0 Å². The fraction of sp³-hybridized carbons (Fsp3) is 0.304. The molecule has 2 N–H and O–H groups in total. The van der Waals surface area contributed by atoms with E-state index in [0.717, 1.165) is 34.3 Å². The molecule has 5 nitrogen and oxygen atoms in total. The highest BCUT2D eigenvalue weighted by molar-refractivity contribution is 5.91. The fourth-order valence-corrected chi connectivity index (χ4v) is 3.09. The Hall–Kier alpha value is -3.08. The Kier molecular flexibility index (Phi) is 6.14. The molecule has 0 saturated carbocycles. The quantitative estimate of drug-likeness (QED) is 0.571. The second-order valence-corrected chi connectivity index (χ2v) is 7.35. The molecule has 1 aromatic heterocycles. The van der Waals surface area contributed by atoms with Crippen molar-refractivity contribution in [3.05, 3.63) is 70.1 Å². The van der Waals surface area contributed by atoms with Gasteiger partial charge in [0.15, 0.2) is 0 Å². The number of fused-ring (bicyclic) bond motifs is 1. The molecule has 2 aromatic carbocycles. The second kappa shape index (κ2) is 8.74. The summed E-state index contributed by atoms with van der Waals surface area (Å²) in [6.45, 7) is 6.61. The second-order valence-electron chi connectivity index (χ2n) is 7.35. The van der Waals surface area contributed by atoms with E-state index in [2.05, 4.69) is 23.6 Å². The summed E-state index contributed by atoms with van der Waals surface area (Å²) in [7, 11) is 0. The summed E-state index contributed by atoms with van der Waals surface area (Å²) >= 11 is 0. The van der Waals surface area contributed by atoms with Gasteiger partial charge in [-0.3, -0.25) is 4.79 Å². The Morgan fingerprint density at radius 2 is 1.75 bits per heavy atom. The molecule has 0 aliphatic carbocycles. The molecule has 1 amide bonds. The first kappa shape index (κ1) is 19.7. The number of carbonyl (C=O) groups excluding carboxylic acids is 1. The number of anilines is 2. The van der Waals surface area contributed by atoms with E-state index in [9.17, 15) is 9.59 Å². The van der Waals surface area contributed by atoms with Crippen LogP contribution in [-0.2, 0) is 17.8 Å². The minimum absolute atomic E-state index is 0.0182. The summed E-state index contributed by atoms with van der Waals surface area (Å²) < 4.78 is 5.35. The van der Waals surface area contributed by atoms with Crippen molar-refractivity contribution in [2.45, 2.75) is 40.2 Å². The predicted octanol–water partition coefficient (Wildman–Crippen LogP) is 4.95. The molecule has 1 heterocycles. The molecule has 0 bridgehead atoms. The number of hydrogen-bond acceptors (Lipinski definition) is 4. The Balaban J connectivity index is 1.70. The molecule has 0 aliphatic heterocycles. The maximum atomic E-state index is 11.9. The molecule has 0 radical (unpaired) electrons. The maximum Gasteiger partial charge on any atom is 0.336 e. The van der Waals surface area contributed by atoms with Crippen LogP contribution in [0.25, 0.3) is 11.0 Å². The Bertz CT molecular complexity index is 1020. The van der Waals surface area contributed by atoms with Crippen molar-refractivity contribution in [1.29, 1.82) is 0 Å². The zero-order valence-corrected chi connectivity index (χ0v) is 16.5. The average molecular weight is 378 g/mol. The van der Waals surface area contributed by atoms with Crippen LogP contribution in [0, 0.1) is 5.92 Å². The smallest absolute Gasteiger partial charge is 0.336 e. The highest BCUT2D eigenvalue weighted by Gasteiger charge is 2.08. The summed E-state index contributed by atoms with van der Waals surface area (Å²) in [5.41, 5.74) is 3.98. The van der Waals surface area contributed by atoms with Crippen LogP contribution < -0.4 is 16.3 Å². The third kappa shape index (κ3) is 5.00. The van der Waals surface area contributed by atoms with Crippen LogP contribution in [0.4, 0.5) is 11.4 Å². The van der Waals surface area contributed by atoms with E-state index in [1.807, 2.05) is 50.2 Å². The summed E-state index contributed by atoms with van der Waals surface area (Å²) in [6, 6.07) is 15.1.